The van der Waals surface area contributed by atoms with E-state index >= 15 is 0 Å². The van der Waals surface area contributed by atoms with Gasteiger partial charge in [0.25, 0.3) is 10.0 Å². The summed E-state index contributed by atoms with van der Waals surface area (Å²) in [6, 6.07) is 23.1. The highest BCUT2D eigenvalue weighted by Gasteiger charge is 2.27. The second kappa shape index (κ2) is 10.0. The summed E-state index contributed by atoms with van der Waals surface area (Å²) in [4.78, 5) is 14.0. The Kier molecular flexibility index (Phi) is 7.41. The minimum atomic E-state index is -3.92. The Bertz CT molecular complexity index is 1110. The van der Waals surface area contributed by atoms with Gasteiger partial charge >= 0.3 is 0 Å². The summed E-state index contributed by atoms with van der Waals surface area (Å²) in [5.41, 5.74) is 2.41. The van der Waals surface area contributed by atoms with Crippen molar-refractivity contribution in [2.75, 3.05) is 17.1 Å². The number of aryl methyl sites for hydroxylation is 1. The van der Waals surface area contributed by atoms with Crippen LogP contribution < -0.4 is 9.62 Å². The van der Waals surface area contributed by atoms with Gasteiger partial charge in [0.1, 0.15) is 6.54 Å². The van der Waals surface area contributed by atoms with Crippen molar-refractivity contribution in [1.82, 2.24) is 5.32 Å². The Hall–Kier alpha value is -2.77. The van der Waals surface area contributed by atoms with E-state index in [2.05, 4.69) is 5.32 Å². The molecule has 1 atom stereocenters. The summed E-state index contributed by atoms with van der Waals surface area (Å²) >= 11 is 1.54. The fourth-order valence-corrected chi connectivity index (χ4v) is 4.97. The third-order valence-corrected chi connectivity index (χ3v) is 7.47. The maximum atomic E-state index is 13.4. The lowest BCUT2D eigenvalue weighted by molar-refractivity contribution is -0.120. The summed E-state index contributed by atoms with van der Waals surface area (Å²) in [7, 11) is -3.92. The maximum Gasteiger partial charge on any atom is 0.264 e. The molecule has 3 rings (SSSR count). The molecule has 3 aromatic rings. The van der Waals surface area contributed by atoms with Crippen molar-refractivity contribution >= 4 is 33.4 Å². The molecule has 1 amide bonds. The standard InChI is InChI=1S/C24H26N2O3S2/c1-18-9-11-21(12-10-18)26(31(28,29)23-15-13-22(30-3)14-16-23)17-24(27)25-19(2)20-7-5-4-6-8-20/h4-16,19H,17H2,1-3H3,(H,25,27)/t19-/m0/s1. The summed E-state index contributed by atoms with van der Waals surface area (Å²) in [6.07, 6.45) is 1.93. The highest BCUT2D eigenvalue weighted by Crippen LogP contribution is 2.26. The van der Waals surface area contributed by atoms with Crippen LogP contribution in [0.1, 0.15) is 24.1 Å². The SMILES string of the molecule is CSc1ccc(S(=O)(=O)N(CC(=O)N[C@@H](C)c2ccccc2)c2ccc(C)cc2)cc1. The van der Waals surface area contributed by atoms with Crippen molar-refractivity contribution in [3.8, 4) is 0 Å². The number of nitrogens with zero attached hydrogens (tertiary/aromatic N) is 1. The fourth-order valence-electron chi connectivity index (χ4n) is 3.14. The number of nitrogens with one attached hydrogen (secondary N) is 1. The van der Waals surface area contributed by atoms with Crippen LogP contribution in [0.2, 0.25) is 0 Å². The molecule has 0 aromatic heterocycles. The Labute approximate surface area is 188 Å². The van der Waals surface area contributed by atoms with E-state index in [0.29, 0.717) is 5.69 Å². The number of amides is 1. The van der Waals surface area contributed by atoms with E-state index < -0.39 is 10.0 Å². The zero-order chi connectivity index (χ0) is 22.4. The van der Waals surface area contributed by atoms with Crippen LogP contribution in [0.15, 0.2) is 88.7 Å². The van der Waals surface area contributed by atoms with Gasteiger partial charge in [0, 0.05) is 4.90 Å². The first-order valence-electron chi connectivity index (χ1n) is 9.89. The van der Waals surface area contributed by atoms with Crippen LogP contribution >= 0.6 is 11.8 Å². The normalized spacial score (nSPS) is 12.2. The monoisotopic (exact) mass is 454 g/mol. The second-order valence-corrected chi connectivity index (χ2v) is 9.96. The maximum absolute atomic E-state index is 13.4. The zero-order valence-corrected chi connectivity index (χ0v) is 19.4. The summed E-state index contributed by atoms with van der Waals surface area (Å²) in [5.74, 6) is -0.374. The van der Waals surface area contributed by atoms with Crippen LogP contribution in [-0.2, 0) is 14.8 Å². The van der Waals surface area contributed by atoms with Gasteiger partial charge in [-0.3, -0.25) is 9.10 Å². The molecule has 0 saturated heterocycles. The molecule has 0 radical (unpaired) electrons. The highest BCUT2D eigenvalue weighted by molar-refractivity contribution is 7.98. The summed E-state index contributed by atoms with van der Waals surface area (Å²) in [5, 5.41) is 2.90. The quantitative estimate of drug-likeness (QED) is 0.497. The lowest BCUT2D eigenvalue weighted by Crippen LogP contribution is -2.41. The van der Waals surface area contributed by atoms with Gasteiger partial charge in [-0.1, -0.05) is 48.0 Å². The van der Waals surface area contributed by atoms with Gasteiger partial charge in [-0.25, -0.2) is 8.42 Å². The Morgan fingerprint density at radius 1 is 0.968 bits per heavy atom. The third-order valence-electron chi connectivity index (χ3n) is 4.93. The Balaban J connectivity index is 1.89. The predicted molar refractivity (Wildman–Crippen MR) is 127 cm³/mol. The van der Waals surface area contributed by atoms with Crippen LogP contribution in [0.5, 0.6) is 0 Å². The lowest BCUT2D eigenvalue weighted by Gasteiger charge is -2.25. The number of hydrogen-bond acceptors (Lipinski definition) is 4. The average molecular weight is 455 g/mol. The summed E-state index contributed by atoms with van der Waals surface area (Å²) < 4.78 is 28.1. The van der Waals surface area contributed by atoms with Crippen molar-refractivity contribution in [3.05, 3.63) is 90.0 Å². The molecule has 0 unspecified atom stereocenters. The second-order valence-electron chi connectivity index (χ2n) is 7.22. The zero-order valence-electron chi connectivity index (χ0n) is 17.8. The van der Waals surface area contributed by atoms with E-state index in [1.54, 1.807) is 36.4 Å². The number of benzene rings is 3. The van der Waals surface area contributed by atoms with Gasteiger partial charge in [0.05, 0.1) is 16.6 Å². The van der Waals surface area contributed by atoms with Gasteiger partial charge in [-0.05, 0) is 62.1 Å². The Morgan fingerprint density at radius 3 is 2.16 bits per heavy atom. The van der Waals surface area contributed by atoms with E-state index in [-0.39, 0.29) is 23.4 Å². The first-order chi connectivity index (χ1) is 14.8. The van der Waals surface area contributed by atoms with Gasteiger partial charge in [0.15, 0.2) is 0 Å². The van der Waals surface area contributed by atoms with Crippen LogP contribution in [0.25, 0.3) is 0 Å². The first kappa shape index (κ1) is 22.9. The molecule has 162 valence electrons. The van der Waals surface area contributed by atoms with E-state index in [0.717, 1.165) is 20.3 Å². The molecule has 0 spiro atoms. The van der Waals surface area contributed by atoms with Crippen molar-refractivity contribution in [1.29, 1.82) is 0 Å². The highest BCUT2D eigenvalue weighted by atomic mass is 32.2. The molecular weight excluding hydrogens is 428 g/mol. The van der Waals surface area contributed by atoms with Crippen molar-refractivity contribution < 1.29 is 13.2 Å². The number of thioether (sulfide) groups is 1. The smallest absolute Gasteiger partial charge is 0.264 e. The molecule has 0 aliphatic carbocycles. The molecule has 31 heavy (non-hydrogen) atoms. The summed E-state index contributed by atoms with van der Waals surface area (Å²) in [6.45, 7) is 3.49. The van der Waals surface area contributed by atoms with Gasteiger partial charge in [-0.15, -0.1) is 11.8 Å². The van der Waals surface area contributed by atoms with Crippen molar-refractivity contribution in [3.63, 3.8) is 0 Å². The number of hydrogen-bond donors (Lipinski definition) is 1. The largest absolute Gasteiger partial charge is 0.348 e. The molecule has 3 aromatic carbocycles. The average Bonchev–Trinajstić information content (AvgIpc) is 2.78. The number of sulfonamides is 1. The van der Waals surface area contributed by atoms with Gasteiger partial charge in [0.2, 0.25) is 5.91 Å². The first-order valence-corrected chi connectivity index (χ1v) is 12.6. The van der Waals surface area contributed by atoms with E-state index in [4.69, 9.17) is 0 Å². The number of carbonyl (C=O) groups is 1. The molecule has 0 saturated carbocycles. The number of anilines is 1. The van der Waals surface area contributed by atoms with Crippen LogP contribution in [0, 0.1) is 6.92 Å². The molecule has 0 fully saturated rings. The molecule has 7 heteroatoms. The van der Waals surface area contributed by atoms with Crippen molar-refractivity contribution in [2.45, 2.75) is 29.7 Å². The molecule has 5 nitrogen and oxygen atoms in total. The topological polar surface area (TPSA) is 66.5 Å². The minimum absolute atomic E-state index is 0.148. The minimum Gasteiger partial charge on any atom is -0.348 e. The Morgan fingerprint density at radius 2 is 1.58 bits per heavy atom. The lowest BCUT2D eigenvalue weighted by atomic mass is 10.1. The number of carbonyl (C=O) groups excluding carboxylic acids is 1. The van der Waals surface area contributed by atoms with Crippen molar-refractivity contribution in [2.24, 2.45) is 0 Å². The molecule has 0 bridgehead atoms. The van der Waals surface area contributed by atoms with Crippen LogP contribution in [0.4, 0.5) is 5.69 Å². The fraction of sp³-hybridized carbons (Fsp3) is 0.208. The van der Waals surface area contributed by atoms with Crippen LogP contribution in [-0.4, -0.2) is 27.1 Å². The van der Waals surface area contributed by atoms with E-state index in [1.807, 2.05) is 62.6 Å². The van der Waals surface area contributed by atoms with E-state index in [1.165, 1.54) is 11.8 Å². The molecule has 0 aliphatic rings. The molecule has 0 aliphatic heterocycles. The van der Waals surface area contributed by atoms with E-state index in [9.17, 15) is 13.2 Å². The van der Waals surface area contributed by atoms with Gasteiger partial charge < -0.3 is 5.32 Å². The molecule has 0 heterocycles. The van der Waals surface area contributed by atoms with Crippen LogP contribution in [0.3, 0.4) is 0 Å². The number of rotatable bonds is 8. The molecular formula is C24H26N2O3S2. The third kappa shape index (κ3) is 5.68. The molecule has 1 N–H and O–H groups in total. The van der Waals surface area contributed by atoms with Gasteiger partial charge in [-0.2, -0.15) is 0 Å². The predicted octanol–water partition coefficient (Wildman–Crippen LogP) is 4.79.